The summed E-state index contributed by atoms with van der Waals surface area (Å²) in [6.07, 6.45) is -0.463. The average molecular weight is 365 g/mol. The molecule has 0 saturated carbocycles. The van der Waals surface area contributed by atoms with E-state index in [1.165, 1.54) is 0 Å². The molecule has 5 heteroatoms. The molecule has 0 aliphatic carbocycles. The zero-order valence-corrected chi connectivity index (χ0v) is 15.4. The molecule has 1 atom stereocenters. The van der Waals surface area contributed by atoms with Gasteiger partial charge in [-0.25, -0.2) is 4.79 Å². The number of benzene rings is 2. The maximum absolute atomic E-state index is 11.2. The number of carboxylic acids is 1. The van der Waals surface area contributed by atoms with E-state index < -0.39 is 12.1 Å². The summed E-state index contributed by atoms with van der Waals surface area (Å²) in [5, 5.41) is 9.17. The van der Waals surface area contributed by atoms with E-state index in [2.05, 4.69) is 16.7 Å². The second-order valence-corrected chi connectivity index (χ2v) is 6.22. The number of carboxylic acid groups (broad SMARTS) is 1. The van der Waals surface area contributed by atoms with Crippen LogP contribution in [0.3, 0.4) is 0 Å². The molecular weight excluding hydrogens is 342 g/mol. The molecule has 0 saturated heterocycles. The molecule has 0 bridgehead atoms. The lowest BCUT2D eigenvalue weighted by Gasteiger charge is -2.29. The van der Waals surface area contributed by atoms with Crippen molar-refractivity contribution in [3.63, 3.8) is 0 Å². The Morgan fingerprint density at radius 3 is 2.78 bits per heavy atom. The van der Waals surface area contributed by atoms with E-state index in [0.29, 0.717) is 26.2 Å². The summed E-state index contributed by atoms with van der Waals surface area (Å²) in [7, 11) is 0. The number of para-hydroxylation sites is 2. The van der Waals surface area contributed by atoms with E-state index in [0.717, 1.165) is 29.1 Å². The first-order valence-electron chi connectivity index (χ1n) is 9.06. The highest BCUT2D eigenvalue weighted by molar-refractivity contribution is 5.72. The van der Waals surface area contributed by atoms with Crippen LogP contribution in [0.4, 0.5) is 5.69 Å². The van der Waals surface area contributed by atoms with Crippen LogP contribution < -0.4 is 9.64 Å². The monoisotopic (exact) mass is 365 g/mol. The number of hydrogen-bond acceptors (Lipinski definition) is 4. The highest BCUT2D eigenvalue weighted by Crippen LogP contribution is 2.30. The molecule has 140 valence electrons. The number of aliphatic carboxylic acids is 1. The van der Waals surface area contributed by atoms with E-state index in [-0.39, 0.29) is 0 Å². The number of rotatable bonds is 6. The van der Waals surface area contributed by atoms with Crippen LogP contribution in [0.25, 0.3) is 0 Å². The molecule has 0 fully saturated rings. The van der Waals surface area contributed by atoms with Crippen molar-refractivity contribution in [2.24, 2.45) is 0 Å². The first kappa shape index (κ1) is 18.8. The van der Waals surface area contributed by atoms with Gasteiger partial charge in [-0.15, -0.1) is 0 Å². The van der Waals surface area contributed by atoms with Gasteiger partial charge >= 0.3 is 5.97 Å². The van der Waals surface area contributed by atoms with Crippen molar-refractivity contribution in [3.05, 3.63) is 59.7 Å². The average Bonchev–Trinajstić information content (AvgIpc) is 2.69. The third kappa shape index (κ3) is 5.02. The lowest BCUT2D eigenvalue weighted by Crippen LogP contribution is -2.32. The Morgan fingerprint density at radius 1 is 1.26 bits per heavy atom. The lowest BCUT2D eigenvalue weighted by molar-refractivity contribution is -0.149. The molecule has 1 aliphatic heterocycles. The fourth-order valence-corrected chi connectivity index (χ4v) is 2.98. The summed E-state index contributed by atoms with van der Waals surface area (Å²) in [4.78, 5) is 13.4. The zero-order valence-electron chi connectivity index (χ0n) is 15.4. The van der Waals surface area contributed by atoms with Gasteiger partial charge in [0.25, 0.3) is 0 Å². The number of nitrogens with zero attached hydrogens (tertiary/aromatic N) is 1. The van der Waals surface area contributed by atoms with E-state index in [9.17, 15) is 4.79 Å². The Labute approximate surface area is 159 Å². The van der Waals surface area contributed by atoms with Gasteiger partial charge in [-0.1, -0.05) is 36.1 Å². The van der Waals surface area contributed by atoms with E-state index in [4.69, 9.17) is 14.6 Å². The molecule has 5 nitrogen and oxygen atoms in total. The van der Waals surface area contributed by atoms with Crippen LogP contribution in [0, 0.1) is 11.8 Å². The van der Waals surface area contributed by atoms with Crippen molar-refractivity contribution in [2.75, 3.05) is 31.2 Å². The molecule has 1 unspecified atom stereocenters. The fraction of sp³-hybridized carbons (Fsp3) is 0.318. The van der Waals surface area contributed by atoms with Crippen LogP contribution in [-0.4, -0.2) is 43.5 Å². The van der Waals surface area contributed by atoms with Gasteiger partial charge in [0.1, 0.15) is 12.4 Å². The summed E-state index contributed by atoms with van der Waals surface area (Å²) in [5.74, 6) is 6.35. The standard InChI is InChI=1S/C22H23NO4/c1-2-26-21(22(24)25)16-18-11-9-17(10-12-18)6-5-13-23-14-15-27-20-8-4-3-7-19(20)23/h3-4,7-12,21H,2,13-16H2,1H3,(H,24,25). The quantitative estimate of drug-likeness (QED) is 0.798. The van der Waals surface area contributed by atoms with Gasteiger partial charge in [0.05, 0.1) is 18.8 Å². The first-order chi connectivity index (χ1) is 13.2. The molecule has 2 aromatic carbocycles. The number of anilines is 1. The molecule has 0 radical (unpaired) electrons. The van der Waals surface area contributed by atoms with E-state index >= 15 is 0 Å². The molecular formula is C22H23NO4. The number of carbonyl (C=O) groups is 1. The minimum Gasteiger partial charge on any atom is -0.490 e. The van der Waals surface area contributed by atoms with Gasteiger partial charge in [0, 0.05) is 18.6 Å². The Morgan fingerprint density at radius 2 is 2.04 bits per heavy atom. The van der Waals surface area contributed by atoms with Gasteiger partial charge in [0.15, 0.2) is 6.10 Å². The Bertz CT molecular complexity index is 835. The minimum atomic E-state index is -0.938. The molecule has 27 heavy (non-hydrogen) atoms. The largest absolute Gasteiger partial charge is 0.490 e. The Kier molecular flexibility index (Phi) is 6.35. The second-order valence-electron chi connectivity index (χ2n) is 6.22. The first-order valence-corrected chi connectivity index (χ1v) is 9.06. The van der Waals surface area contributed by atoms with Crippen molar-refractivity contribution in [2.45, 2.75) is 19.4 Å². The van der Waals surface area contributed by atoms with Crippen LogP contribution in [0.15, 0.2) is 48.5 Å². The molecule has 2 aromatic rings. The number of ether oxygens (including phenoxy) is 2. The van der Waals surface area contributed by atoms with Crippen molar-refractivity contribution in [1.82, 2.24) is 0 Å². The van der Waals surface area contributed by atoms with Gasteiger partial charge in [-0.05, 0) is 36.8 Å². The lowest BCUT2D eigenvalue weighted by atomic mass is 10.1. The number of fused-ring (bicyclic) bond motifs is 1. The van der Waals surface area contributed by atoms with Gasteiger partial charge < -0.3 is 19.5 Å². The van der Waals surface area contributed by atoms with Gasteiger partial charge in [-0.2, -0.15) is 0 Å². The normalized spacial score (nSPS) is 13.7. The summed E-state index contributed by atoms with van der Waals surface area (Å²) in [6, 6.07) is 15.6. The van der Waals surface area contributed by atoms with Crippen molar-refractivity contribution < 1.29 is 19.4 Å². The fourth-order valence-electron chi connectivity index (χ4n) is 2.98. The molecule has 1 aliphatic rings. The van der Waals surface area contributed by atoms with Gasteiger partial charge in [0.2, 0.25) is 0 Å². The minimum absolute atomic E-state index is 0.349. The van der Waals surface area contributed by atoms with E-state index in [1.54, 1.807) is 6.92 Å². The summed E-state index contributed by atoms with van der Waals surface area (Å²) in [5.41, 5.74) is 2.90. The highest BCUT2D eigenvalue weighted by atomic mass is 16.5. The van der Waals surface area contributed by atoms with Gasteiger partial charge in [-0.3, -0.25) is 0 Å². The van der Waals surface area contributed by atoms with Crippen LogP contribution >= 0.6 is 0 Å². The summed E-state index contributed by atoms with van der Waals surface area (Å²) in [6.45, 7) is 4.29. The summed E-state index contributed by atoms with van der Waals surface area (Å²) >= 11 is 0. The maximum atomic E-state index is 11.2. The predicted molar refractivity (Wildman–Crippen MR) is 104 cm³/mol. The molecule has 0 aromatic heterocycles. The second kappa shape index (κ2) is 9.11. The zero-order chi connectivity index (χ0) is 19.1. The third-order valence-corrected chi connectivity index (χ3v) is 4.35. The molecule has 3 rings (SSSR count). The molecule has 0 amide bonds. The molecule has 1 N–H and O–H groups in total. The maximum Gasteiger partial charge on any atom is 0.333 e. The number of hydrogen-bond donors (Lipinski definition) is 1. The third-order valence-electron chi connectivity index (χ3n) is 4.35. The van der Waals surface area contributed by atoms with Crippen molar-refractivity contribution in [3.8, 4) is 17.6 Å². The SMILES string of the molecule is CCOC(Cc1ccc(C#CCN2CCOc3ccccc32)cc1)C(=O)O. The smallest absolute Gasteiger partial charge is 0.333 e. The van der Waals surface area contributed by atoms with Crippen molar-refractivity contribution in [1.29, 1.82) is 0 Å². The van der Waals surface area contributed by atoms with E-state index in [1.807, 2.05) is 48.5 Å². The molecule has 1 heterocycles. The van der Waals surface area contributed by atoms with Crippen LogP contribution in [-0.2, 0) is 16.0 Å². The highest BCUT2D eigenvalue weighted by Gasteiger charge is 2.18. The molecule has 0 spiro atoms. The van der Waals surface area contributed by atoms with Crippen molar-refractivity contribution >= 4 is 11.7 Å². The van der Waals surface area contributed by atoms with Crippen LogP contribution in [0.5, 0.6) is 5.75 Å². The van der Waals surface area contributed by atoms with Crippen LogP contribution in [0.2, 0.25) is 0 Å². The Balaban J connectivity index is 1.61. The topological polar surface area (TPSA) is 59.0 Å². The predicted octanol–water partition coefficient (Wildman–Crippen LogP) is 2.97. The Hall–Kier alpha value is -2.97. The van der Waals surface area contributed by atoms with Crippen LogP contribution in [0.1, 0.15) is 18.1 Å². The summed E-state index contributed by atoms with van der Waals surface area (Å²) < 4.78 is 10.9.